The van der Waals surface area contributed by atoms with Crippen molar-refractivity contribution in [3.63, 3.8) is 0 Å². The number of carboxylic acids is 1. The second-order valence-corrected chi connectivity index (χ2v) is 6.61. The van der Waals surface area contributed by atoms with Gasteiger partial charge in [-0.05, 0) is 36.8 Å². The maximum atomic E-state index is 13.9. The van der Waals surface area contributed by atoms with Crippen LogP contribution in [0.3, 0.4) is 0 Å². The highest BCUT2D eigenvalue weighted by Gasteiger charge is 2.27. The van der Waals surface area contributed by atoms with E-state index in [0.717, 1.165) is 6.92 Å². The lowest BCUT2D eigenvalue weighted by atomic mass is 10.0. The number of rotatable bonds is 8. The summed E-state index contributed by atoms with van der Waals surface area (Å²) in [6, 6.07) is 13.0. The number of benzene rings is 2. The zero-order valence-electron chi connectivity index (χ0n) is 16.1. The smallest absolute Gasteiger partial charge is 0.306 e. The molecule has 0 aliphatic rings. The van der Waals surface area contributed by atoms with Gasteiger partial charge in [0, 0.05) is 30.7 Å². The standard InChI is InChI=1S/C22H21F2NO4/c1-3-28-19(13-20(26)27)14-7-9-15(10-8-14)29-18-11-12-25-21-16(18)5-4-6-17(21)22(2,23)24/h4-12,19H,3,13H2,1-2H3,(H,26,27). The van der Waals surface area contributed by atoms with Crippen molar-refractivity contribution in [2.45, 2.75) is 32.3 Å². The van der Waals surface area contributed by atoms with Gasteiger partial charge in [0.1, 0.15) is 11.5 Å². The maximum Gasteiger partial charge on any atom is 0.306 e. The zero-order chi connectivity index (χ0) is 21.0. The van der Waals surface area contributed by atoms with E-state index in [4.69, 9.17) is 14.6 Å². The topological polar surface area (TPSA) is 68.7 Å². The molecule has 152 valence electrons. The number of para-hydroxylation sites is 1. The molecule has 0 amide bonds. The Hall–Kier alpha value is -3.06. The van der Waals surface area contributed by atoms with Gasteiger partial charge in [-0.15, -0.1) is 0 Å². The molecule has 1 heterocycles. The summed E-state index contributed by atoms with van der Waals surface area (Å²) in [5.74, 6) is -3.08. The van der Waals surface area contributed by atoms with Crippen molar-refractivity contribution >= 4 is 16.9 Å². The lowest BCUT2D eigenvalue weighted by Gasteiger charge is -2.17. The second-order valence-electron chi connectivity index (χ2n) is 6.61. The molecular weight excluding hydrogens is 380 g/mol. The number of halogens is 2. The Balaban J connectivity index is 1.89. The monoisotopic (exact) mass is 401 g/mol. The molecule has 0 fully saturated rings. The van der Waals surface area contributed by atoms with Crippen LogP contribution in [0.4, 0.5) is 8.78 Å². The quantitative estimate of drug-likeness (QED) is 0.525. The van der Waals surface area contributed by atoms with Gasteiger partial charge in [-0.25, -0.2) is 8.78 Å². The number of aliphatic carboxylic acids is 1. The van der Waals surface area contributed by atoms with Crippen molar-refractivity contribution in [1.82, 2.24) is 4.98 Å². The summed E-state index contributed by atoms with van der Waals surface area (Å²) in [6.45, 7) is 3.03. The third kappa shape index (κ3) is 4.86. The average Bonchev–Trinajstić information content (AvgIpc) is 2.67. The van der Waals surface area contributed by atoms with E-state index >= 15 is 0 Å². The van der Waals surface area contributed by atoms with E-state index in [0.29, 0.717) is 29.1 Å². The van der Waals surface area contributed by atoms with Gasteiger partial charge < -0.3 is 14.6 Å². The third-order valence-electron chi connectivity index (χ3n) is 4.41. The van der Waals surface area contributed by atoms with Gasteiger partial charge in [0.05, 0.1) is 18.0 Å². The summed E-state index contributed by atoms with van der Waals surface area (Å²) in [6.07, 6.45) is 0.735. The first kappa shape index (κ1) is 20.7. The number of hydrogen-bond acceptors (Lipinski definition) is 4. The van der Waals surface area contributed by atoms with E-state index in [1.54, 1.807) is 49.4 Å². The lowest BCUT2D eigenvalue weighted by Crippen LogP contribution is -2.10. The lowest BCUT2D eigenvalue weighted by molar-refractivity contribution is -0.140. The van der Waals surface area contributed by atoms with E-state index in [1.807, 2.05) is 0 Å². The summed E-state index contributed by atoms with van der Waals surface area (Å²) in [5.41, 5.74) is 0.741. The van der Waals surface area contributed by atoms with Crippen molar-refractivity contribution in [1.29, 1.82) is 0 Å². The first-order chi connectivity index (χ1) is 13.8. The first-order valence-corrected chi connectivity index (χ1v) is 9.17. The molecule has 1 atom stereocenters. The summed E-state index contributed by atoms with van der Waals surface area (Å²) in [7, 11) is 0. The number of nitrogens with zero attached hydrogens (tertiary/aromatic N) is 1. The number of pyridine rings is 1. The van der Waals surface area contributed by atoms with Crippen LogP contribution >= 0.6 is 0 Å². The minimum absolute atomic E-state index is 0.142. The van der Waals surface area contributed by atoms with Crippen LogP contribution in [-0.2, 0) is 15.5 Å². The highest BCUT2D eigenvalue weighted by atomic mass is 19.3. The van der Waals surface area contributed by atoms with Crippen LogP contribution in [0, 0.1) is 0 Å². The van der Waals surface area contributed by atoms with Crippen molar-refractivity contribution in [2.75, 3.05) is 6.61 Å². The van der Waals surface area contributed by atoms with Crippen LogP contribution in [0.1, 0.15) is 37.5 Å². The fraction of sp³-hybridized carbons (Fsp3) is 0.273. The molecule has 0 radical (unpaired) electrons. The Bertz CT molecular complexity index is 1000. The molecule has 1 unspecified atom stereocenters. The van der Waals surface area contributed by atoms with Crippen LogP contribution in [0.15, 0.2) is 54.7 Å². The fourth-order valence-corrected chi connectivity index (χ4v) is 3.10. The molecule has 1 aromatic heterocycles. The van der Waals surface area contributed by atoms with Crippen LogP contribution in [-0.4, -0.2) is 22.7 Å². The molecule has 0 saturated heterocycles. The van der Waals surface area contributed by atoms with Gasteiger partial charge >= 0.3 is 5.97 Å². The van der Waals surface area contributed by atoms with Crippen molar-refractivity contribution in [3.8, 4) is 11.5 Å². The van der Waals surface area contributed by atoms with E-state index in [1.165, 1.54) is 12.3 Å². The predicted molar refractivity (Wildman–Crippen MR) is 104 cm³/mol. The molecule has 7 heteroatoms. The number of fused-ring (bicyclic) bond motifs is 1. The summed E-state index contributed by atoms with van der Waals surface area (Å²) in [4.78, 5) is 15.1. The van der Waals surface area contributed by atoms with E-state index in [9.17, 15) is 13.6 Å². The van der Waals surface area contributed by atoms with Gasteiger partial charge in [0.25, 0.3) is 5.92 Å². The first-order valence-electron chi connectivity index (χ1n) is 9.17. The normalized spacial score (nSPS) is 12.7. The minimum Gasteiger partial charge on any atom is -0.481 e. The number of hydrogen-bond donors (Lipinski definition) is 1. The molecule has 0 spiro atoms. The van der Waals surface area contributed by atoms with Crippen LogP contribution < -0.4 is 4.74 Å². The van der Waals surface area contributed by atoms with Gasteiger partial charge in [-0.1, -0.05) is 24.3 Å². The van der Waals surface area contributed by atoms with Crippen molar-refractivity contribution < 1.29 is 28.2 Å². The fourth-order valence-electron chi connectivity index (χ4n) is 3.10. The largest absolute Gasteiger partial charge is 0.481 e. The Kier molecular flexibility index (Phi) is 6.08. The van der Waals surface area contributed by atoms with Crippen molar-refractivity contribution in [3.05, 3.63) is 65.9 Å². The predicted octanol–water partition coefficient (Wildman–Crippen LogP) is 5.69. The molecule has 3 aromatic rings. The molecule has 0 bridgehead atoms. The molecule has 0 saturated carbocycles. The SMILES string of the molecule is CCOC(CC(=O)O)c1ccc(Oc2ccnc3c(C(C)(F)F)cccc23)cc1. The Labute approximate surface area is 166 Å². The molecule has 0 aliphatic heterocycles. The molecule has 2 aromatic carbocycles. The number of carboxylic acid groups (broad SMARTS) is 1. The van der Waals surface area contributed by atoms with E-state index in [-0.39, 0.29) is 17.5 Å². The number of carbonyl (C=O) groups is 1. The van der Waals surface area contributed by atoms with Crippen LogP contribution in [0.25, 0.3) is 10.9 Å². The number of alkyl halides is 2. The third-order valence-corrected chi connectivity index (χ3v) is 4.41. The minimum atomic E-state index is -3.02. The number of aromatic nitrogens is 1. The van der Waals surface area contributed by atoms with Gasteiger partial charge in [0.2, 0.25) is 0 Å². The van der Waals surface area contributed by atoms with Gasteiger partial charge in [-0.3, -0.25) is 9.78 Å². The van der Waals surface area contributed by atoms with Crippen LogP contribution in [0.2, 0.25) is 0 Å². The van der Waals surface area contributed by atoms with E-state index in [2.05, 4.69) is 4.98 Å². The highest BCUT2D eigenvalue weighted by Crippen LogP contribution is 2.36. The summed E-state index contributed by atoms with van der Waals surface area (Å²) < 4.78 is 39.2. The highest BCUT2D eigenvalue weighted by molar-refractivity contribution is 5.88. The van der Waals surface area contributed by atoms with Gasteiger partial charge in [-0.2, -0.15) is 0 Å². The van der Waals surface area contributed by atoms with Crippen LogP contribution in [0.5, 0.6) is 11.5 Å². The van der Waals surface area contributed by atoms with Gasteiger partial charge in [0.15, 0.2) is 0 Å². The second kappa shape index (κ2) is 8.53. The maximum absolute atomic E-state index is 13.9. The number of ether oxygens (including phenoxy) is 2. The summed E-state index contributed by atoms with van der Waals surface area (Å²) >= 11 is 0. The molecule has 29 heavy (non-hydrogen) atoms. The Morgan fingerprint density at radius 3 is 2.52 bits per heavy atom. The summed E-state index contributed by atoms with van der Waals surface area (Å²) in [5, 5.41) is 9.52. The molecule has 3 rings (SSSR count). The molecule has 1 N–H and O–H groups in total. The van der Waals surface area contributed by atoms with E-state index < -0.39 is 18.0 Å². The average molecular weight is 401 g/mol. The zero-order valence-corrected chi connectivity index (χ0v) is 16.1. The Morgan fingerprint density at radius 1 is 1.17 bits per heavy atom. The molecule has 5 nitrogen and oxygen atoms in total. The molecule has 0 aliphatic carbocycles. The molecular formula is C22H21F2NO4. The van der Waals surface area contributed by atoms with Crippen molar-refractivity contribution in [2.24, 2.45) is 0 Å². The Morgan fingerprint density at radius 2 is 1.90 bits per heavy atom.